The zero-order chi connectivity index (χ0) is 18.5. The van der Waals surface area contributed by atoms with E-state index in [4.69, 9.17) is 9.47 Å². The number of aromatic nitrogens is 3. The molecule has 1 aromatic carbocycles. The van der Waals surface area contributed by atoms with Crippen molar-refractivity contribution < 1.29 is 14.3 Å². The Morgan fingerprint density at radius 3 is 2.67 bits per heavy atom. The molecule has 1 atom stereocenters. The first kappa shape index (κ1) is 21.1. The molecule has 1 fully saturated rings. The maximum Gasteiger partial charge on any atom is 0.276 e. The quantitative estimate of drug-likeness (QED) is 0.746. The molecule has 0 aliphatic carbocycles. The number of methoxy groups -OCH3 is 1. The lowest BCUT2D eigenvalue weighted by molar-refractivity contribution is 0.0648. The number of halogens is 1. The van der Waals surface area contributed by atoms with Gasteiger partial charge in [-0.1, -0.05) is 0 Å². The van der Waals surface area contributed by atoms with Crippen molar-refractivity contribution in [1.82, 2.24) is 25.2 Å². The lowest BCUT2D eigenvalue weighted by Gasteiger charge is -2.33. The highest BCUT2D eigenvalue weighted by molar-refractivity contribution is 5.93. The molecule has 1 saturated heterocycles. The Bertz CT molecular complexity index is 750. The molecule has 1 N–H and O–H groups in total. The summed E-state index contributed by atoms with van der Waals surface area (Å²) in [4.78, 5) is 16.2. The Hall–Kier alpha value is -2.16. The highest BCUT2D eigenvalue weighted by Gasteiger charge is 2.27. The Morgan fingerprint density at radius 2 is 2.00 bits per heavy atom. The molecule has 0 spiro atoms. The summed E-state index contributed by atoms with van der Waals surface area (Å²) in [5.41, 5.74) is 1.81. The number of amides is 1. The maximum absolute atomic E-state index is 12.8. The SMILES string of the molecule is COCCOc1ccc(-n2nc(C)c(C(=O)N3CCNC[C@@H]3C)n2)cc1.Cl. The molecule has 27 heavy (non-hydrogen) atoms. The van der Waals surface area contributed by atoms with Crippen molar-refractivity contribution >= 4 is 18.3 Å². The fraction of sp³-hybridized carbons (Fsp3) is 0.500. The van der Waals surface area contributed by atoms with E-state index in [1.165, 1.54) is 4.80 Å². The van der Waals surface area contributed by atoms with Gasteiger partial charge in [0.25, 0.3) is 5.91 Å². The third-order valence-electron chi connectivity index (χ3n) is 4.37. The second kappa shape index (κ2) is 9.68. The summed E-state index contributed by atoms with van der Waals surface area (Å²) in [5.74, 6) is 0.683. The van der Waals surface area contributed by atoms with Crippen LogP contribution in [0.3, 0.4) is 0 Å². The van der Waals surface area contributed by atoms with Gasteiger partial charge in [0.1, 0.15) is 12.4 Å². The number of benzene rings is 1. The third kappa shape index (κ3) is 4.97. The predicted octanol–water partition coefficient (Wildman–Crippen LogP) is 1.46. The zero-order valence-electron chi connectivity index (χ0n) is 15.8. The van der Waals surface area contributed by atoms with Crippen molar-refractivity contribution in [3.8, 4) is 11.4 Å². The number of carbonyl (C=O) groups excluding carboxylic acids is 1. The van der Waals surface area contributed by atoms with Gasteiger partial charge in [-0.3, -0.25) is 4.79 Å². The molecule has 1 aromatic heterocycles. The number of piperazine rings is 1. The molecular formula is C18H26ClN5O3. The van der Waals surface area contributed by atoms with Crippen LogP contribution >= 0.6 is 12.4 Å². The Labute approximate surface area is 165 Å². The van der Waals surface area contributed by atoms with Crippen molar-refractivity contribution in [3.63, 3.8) is 0 Å². The van der Waals surface area contributed by atoms with E-state index in [1.54, 1.807) is 7.11 Å². The fourth-order valence-corrected chi connectivity index (χ4v) is 2.89. The largest absolute Gasteiger partial charge is 0.491 e. The molecule has 1 amide bonds. The third-order valence-corrected chi connectivity index (χ3v) is 4.37. The molecule has 1 aliphatic heterocycles. The fourth-order valence-electron chi connectivity index (χ4n) is 2.89. The molecule has 1 aliphatic rings. The van der Waals surface area contributed by atoms with Gasteiger partial charge in [0.05, 0.1) is 18.0 Å². The number of hydrogen-bond donors (Lipinski definition) is 1. The van der Waals surface area contributed by atoms with Gasteiger partial charge >= 0.3 is 0 Å². The van der Waals surface area contributed by atoms with E-state index in [0.29, 0.717) is 31.1 Å². The summed E-state index contributed by atoms with van der Waals surface area (Å²) in [5, 5.41) is 12.1. The van der Waals surface area contributed by atoms with Gasteiger partial charge < -0.3 is 19.7 Å². The van der Waals surface area contributed by atoms with E-state index in [0.717, 1.165) is 24.5 Å². The normalized spacial score (nSPS) is 16.7. The first-order chi connectivity index (χ1) is 12.6. The minimum Gasteiger partial charge on any atom is -0.491 e. The van der Waals surface area contributed by atoms with Crippen molar-refractivity contribution in [2.24, 2.45) is 0 Å². The summed E-state index contributed by atoms with van der Waals surface area (Å²) in [6.07, 6.45) is 0. The van der Waals surface area contributed by atoms with Crippen molar-refractivity contribution in [2.75, 3.05) is 40.0 Å². The Kier molecular flexibility index (Phi) is 7.58. The lowest BCUT2D eigenvalue weighted by atomic mass is 10.2. The van der Waals surface area contributed by atoms with E-state index in [2.05, 4.69) is 15.5 Å². The maximum atomic E-state index is 12.8. The predicted molar refractivity (Wildman–Crippen MR) is 104 cm³/mol. The van der Waals surface area contributed by atoms with Crippen molar-refractivity contribution in [2.45, 2.75) is 19.9 Å². The first-order valence-corrected chi connectivity index (χ1v) is 8.78. The molecule has 0 radical (unpaired) electrons. The average molecular weight is 396 g/mol. The highest BCUT2D eigenvalue weighted by atomic mass is 35.5. The lowest BCUT2D eigenvalue weighted by Crippen LogP contribution is -2.52. The monoisotopic (exact) mass is 395 g/mol. The van der Waals surface area contributed by atoms with Gasteiger partial charge in [0, 0.05) is 32.8 Å². The van der Waals surface area contributed by atoms with Crippen LogP contribution in [0.1, 0.15) is 23.1 Å². The molecule has 2 heterocycles. The van der Waals surface area contributed by atoms with E-state index < -0.39 is 0 Å². The molecule has 3 rings (SSSR count). The van der Waals surface area contributed by atoms with Crippen LogP contribution in [0, 0.1) is 6.92 Å². The van der Waals surface area contributed by atoms with Gasteiger partial charge in [-0.15, -0.1) is 17.5 Å². The number of ether oxygens (including phenoxy) is 2. The van der Waals surface area contributed by atoms with Gasteiger partial charge in [-0.2, -0.15) is 9.90 Å². The number of nitrogens with zero attached hydrogens (tertiary/aromatic N) is 4. The molecule has 0 unspecified atom stereocenters. The number of carbonyl (C=O) groups is 1. The van der Waals surface area contributed by atoms with Gasteiger partial charge in [-0.05, 0) is 38.1 Å². The van der Waals surface area contributed by atoms with Crippen LogP contribution in [-0.2, 0) is 4.74 Å². The van der Waals surface area contributed by atoms with E-state index in [9.17, 15) is 4.79 Å². The highest BCUT2D eigenvalue weighted by Crippen LogP contribution is 2.16. The van der Waals surface area contributed by atoms with E-state index in [-0.39, 0.29) is 24.4 Å². The van der Waals surface area contributed by atoms with E-state index >= 15 is 0 Å². The van der Waals surface area contributed by atoms with Crippen molar-refractivity contribution in [3.05, 3.63) is 35.7 Å². The van der Waals surface area contributed by atoms with Crippen LogP contribution in [-0.4, -0.2) is 71.8 Å². The van der Waals surface area contributed by atoms with E-state index in [1.807, 2.05) is 43.0 Å². The Balaban J connectivity index is 0.00000261. The molecule has 8 nitrogen and oxygen atoms in total. The summed E-state index contributed by atoms with van der Waals surface area (Å²) in [6.45, 7) is 7.16. The number of aryl methyl sites for hydroxylation is 1. The van der Waals surface area contributed by atoms with Crippen LogP contribution < -0.4 is 10.1 Å². The standard InChI is InChI=1S/C18H25N5O3.ClH/c1-13-12-19-8-9-22(13)18(24)17-14(2)20-23(21-17)15-4-6-16(7-5-15)26-11-10-25-3;/h4-7,13,19H,8-12H2,1-3H3;1H/t13-;/m0./s1. The van der Waals surface area contributed by atoms with Crippen LogP contribution in [0.15, 0.2) is 24.3 Å². The zero-order valence-corrected chi connectivity index (χ0v) is 16.7. The first-order valence-electron chi connectivity index (χ1n) is 8.78. The van der Waals surface area contributed by atoms with Gasteiger partial charge in [0.15, 0.2) is 5.69 Å². The van der Waals surface area contributed by atoms with Crippen LogP contribution in [0.5, 0.6) is 5.75 Å². The number of hydrogen-bond acceptors (Lipinski definition) is 6. The average Bonchev–Trinajstić information content (AvgIpc) is 3.04. The number of nitrogens with one attached hydrogen (secondary N) is 1. The smallest absolute Gasteiger partial charge is 0.276 e. The molecule has 148 valence electrons. The molecule has 0 saturated carbocycles. The minimum atomic E-state index is -0.0673. The summed E-state index contributed by atoms with van der Waals surface area (Å²) >= 11 is 0. The van der Waals surface area contributed by atoms with Crippen LogP contribution in [0.25, 0.3) is 5.69 Å². The summed E-state index contributed by atoms with van der Waals surface area (Å²) in [6, 6.07) is 7.57. The van der Waals surface area contributed by atoms with Gasteiger partial charge in [0.2, 0.25) is 0 Å². The molecule has 9 heteroatoms. The van der Waals surface area contributed by atoms with Crippen LogP contribution in [0.2, 0.25) is 0 Å². The minimum absolute atomic E-state index is 0. The number of rotatable bonds is 6. The van der Waals surface area contributed by atoms with Crippen LogP contribution in [0.4, 0.5) is 0 Å². The van der Waals surface area contributed by atoms with Gasteiger partial charge in [-0.25, -0.2) is 0 Å². The topological polar surface area (TPSA) is 81.5 Å². The molecular weight excluding hydrogens is 370 g/mol. The molecule has 2 aromatic rings. The van der Waals surface area contributed by atoms with Crippen molar-refractivity contribution in [1.29, 1.82) is 0 Å². The summed E-state index contributed by atoms with van der Waals surface area (Å²) < 4.78 is 10.5. The second-order valence-corrected chi connectivity index (χ2v) is 6.31. The summed E-state index contributed by atoms with van der Waals surface area (Å²) in [7, 11) is 1.64. The Morgan fingerprint density at radius 1 is 1.26 bits per heavy atom. The second-order valence-electron chi connectivity index (χ2n) is 6.31. The molecule has 0 bridgehead atoms.